The molecule has 0 aliphatic carbocycles. The maximum Gasteiger partial charge on any atom is 0.472 e. The molecule has 0 fully saturated rings. The maximum atomic E-state index is 13.1. The Kier molecular flexibility index (Phi) is 99.8. The summed E-state index contributed by atoms with van der Waals surface area (Å²) in [5.41, 5.74) is 0. The molecule has 0 bridgehead atoms. The van der Waals surface area contributed by atoms with E-state index < -0.39 is 91.5 Å². The fraction of sp³-hybridized carbons (Fsp3) is 0.726. The Labute approximate surface area is 803 Å². The van der Waals surface area contributed by atoms with Crippen molar-refractivity contribution in [2.24, 2.45) is 0 Å². The van der Waals surface area contributed by atoms with Crippen molar-refractivity contribution >= 4 is 33.6 Å². The number of carbonyl (C=O) groups excluding carboxylic acids is 3. The summed E-state index contributed by atoms with van der Waals surface area (Å²) in [5, 5.41) is 20.8. The van der Waals surface area contributed by atoms with Crippen LogP contribution in [0.5, 0.6) is 0 Å². The van der Waals surface area contributed by atoms with Crippen molar-refractivity contribution in [1.29, 1.82) is 0 Å². The van der Waals surface area contributed by atoms with Gasteiger partial charge in [0.2, 0.25) is 0 Å². The number of carbonyl (C=O) groups is 3. The molecule has 0 aliphatic heterocycles. The fourth-order valence-electron chi connectivity index (χ4n) is 14.9. The van der Waals surface area contributed by atoms with Gasteiger partial charge in [0.05, 0.1) is 26.4 Å². The summed E-state index contributed by atoms with van der Waals surface area (Å²) >= 11 is 0. The molecule has 0 spiro atoms. The Bertz CT molecular complexity index is 3060. The molecule has 0 radical (unpaired) electrons. The van der Waals surface area contributed by atoms with Crippen molar-refractivity contribution in [3.8, 4) is 0 Å². The predicted octanol–water partition coefficient (Wildman–Crippen LogP) is 34.1. The zero-order chi connectivity index (χ0) is 95.0. The summed E-state index contributed by atoms with van der Waals surface area (Å²) in [4.78, 5) is 59.3. The molecule has 4 N–H and O–H groups in total. The zero-order valence-corrected chi connectivity index (χ0v) is 85.5. The molecule has 0 amide bonds. The summed E-state index contributed by atoms with van der Waals surface area (Å²) in [5.74, 6) is -1.56. The van der Waals surface area contributed by atoms with E-state index in [1.807, 2.05) is 0 Å². The molecular weight excluding hydrogens is 1680 g/mol. The summed E-state index contributed by atoms with van der Waals surface area (Å²) < 4.78 is 61.8. The monoisotopic (exact) mass is 1870 g/mol. The molecular formula is C113H196O16P2. The number of ether oxygens (including phenoxy) is 3. The lowest BCUT2D eigenvalue weighted by Crippen LogP contribution is -2.30. The van der Waals surface area contributed by atoms with Crippen LogP contribution in [0.3, 0.4) is 0 Å². The van der Waals surface area contributed by atoms with Crippen molar-refractivity contribution in [2.45, 2.75) is 489 Å². The maximum absolute atomic E-state index is 13.1. The quantitative estimate of drug-likeness (QED) is 0.0146. The SMILES string of the molecule is CC/C=C\C/C=C\C/C=C\C/C=C\C/C=C\CCCCCCCCCCCCCCCCCCCC(=O)OCC(COP(=O)(O)OCC(O)COP(=O)(O)OCC(O)COC(=O)CCCCCCCCCCCCCCCCCCCCC/C=C\C/C=C\C/C=C\C/C=C\CCCCC)OC(=O)CCCCCCCCCCCCC/C=C\C/C=C\C/C=C\C/C=C\C/C=C\CC. The Morgan fingerprint density at radius 2 is 0.405 bits per heavy atom. The van der Waals surface area contributed by atoms with E-state index in [1.54, 1.807) is 0 Å². The molecule has 0 aromatic rings. The number of phosphoric acid groups is 2. The standard InChI is InChI=1S/C113H196O16P2/c1-4-7-10-13-16-19-22-25-28-31-34-37-40-43-46-48-50-52-53-55-57-58-61-63-66-69-72-75-78-81-84-87-90-93-96-99-111(116)123-102-108(114)103-125-130(119,120)126-104-109(115)105-127-131(121,122)128-107-110(129-113(118)101-98-95-92-89-86-83-80-77-74-71-68-65-60-45-42-39-36-33-30-27-24-21-18-15-12-9-6-3)106-124-112(117)100-97-94-91-88-85-82-79-76-73-70-67-64-62-59-56-54-51-49-47-44-41-38-35-32-29-26-23-20-17-14-11-8-5-2/h8-9,11-12,16-21,25-30,34-39,43-47,60,108-110,114-115H,4-7,10,13-15,22-24,31-33,40-42,48-59,61-107H2,1-3H3,(H,119,120)(H,121,122)/b11-8-,12-9-,19-16-,20-17-,21-18-,28-25-,29-26-,30-27-,37-34-,38-35-,39-36-,46-43-,47-44-,60-45-. The van der Waals surface area contributed by atoms with Crippen LogP contribution >= 0.6 is 15.6 Å². The van der Waals surface area contributed by atoms with Gasteiger partial charge in [-0.2, -0.15) is 0 Å². The van der Waals surface area contributed by atoms with Gasteiger partial charge in [-0.15, -0.1) is 0 Å². The number of aliphatic hydroxyl groups excluding tert-OH is 2. The highest BCUT2D eigenvalue weighted by Crippen LogP contribution is 2.45. The highest BCUT2D eigenvalue weighted by atomic mass is 31.2. The average molecular weight is 1870 g/mol. The summed E-state index contributed by atoms with van der Waals surface area (Å²) in [6.07, 6.45) is 137. The lowest BCUT2D eigenvalue weighted by atomic mass is 10.0. The number of rotatable bonds is 101. The van der Waals surface area contributed by atoms with Crippen molar-refractivity contribution in [1.82, 2.24) is 0 Å². The zero-order valence-electron chi connectivity index (χ0n) is 83.7. The van der Waals surface area contributed by atoms with Crippen molar-refractivity contribution in [2.75, 3.05) is 39.6 Å². The van der Waals surface area contributed by atoms with E-state index in [0.29, 0.717) is 19.3 Å². The number of hydrogen-bond acceptors (Lipinski definition) is 14. The van der Waals surface area contributed by atoms with Crippen molar-refractivity contribution in [3.05, 3.63) is 170 Å². The normalized spacial score (nSPS) is 14.3. The Morgan fingerprint density at radius 3 is 0.641 bits per heavy atom. The first-order valence-electron chi connectivity index (χ1n) is 53.4. The van der Waals surface area contributed by atoms with Crippen LogP contribution in [0.15, 0.2) is 170 Å². The smallest absolute Gasteiger partial charge is 0.463 e. The van der Waals surface area contributed by atoms with Gasteiger partial charge in [-0.3, -0.25) is 32.5 Å². The van der Waals surface area contributed by atoms with Gasteiger partial charge in [-0.25, -0.2) is 9.13 Å². The summed E-state index contributed by atoms with van der Waals surface area (Å²) in [6.45, 7) is 2.52. The van der Waals surface area contributed by atoms with Gasteiger partial charge in [0.25, 0.3) is 0 Å². The molecule has 0 saturated carbocycles. The Balaban J connectivity index is 4.57. The molecule has 0 aromatic heterocycles. The second kappa shape index (κ2) is 104. The molecule has 0 aromatic carbocycles. The molecule has 754 valence electrons. The predicted molar refractivity (Wildman–Crippen MR) is 555 cm³/mol. The third-order valence-corrected chi connectivity index (χ3v) is 24.8. The van der Waals surface area contributed by atoms with Crippen molar-refractivity contribution in [3.63, 3.8) is 0 Å². The molecule has 0 saturated heterocycles. The van der Waals surface area contributed by atoms with E-state index in [0.717, 1.165) is 154 Å². The number of esters is 3. The highest BCUT2D eigenvalue weighted by molar-refractivity contribution is 7.47. The highest BCUT2D eigenvalue weighted by Gasteiger charge is 2.30. The molecule has 5 unspecified atom stereocenters. The van der Waals surface area contributed by atoms with E-state index in [9.17, 15) is 43.5 Å². The minimum absolute atomic E-state index is 0.0985. The Morgan fingerprint density at radius 1 is 0.221 bits per heavy atom. The van der Waals surface area contributed by atoms with Crippen LogP contribution in [0.25, 0.3) is 0 Å². The van der Waals surface area contributed by atoms with Crippen LogP contribution in [0.1, 0.15) is 470 Å². The van der Waals surface area contributed by atoms with Crippen molar-refractivity contribution < 1.29 is 75.8 Å². The van der Waals surface area contributed by atoms with Gasteiger partial charge in [-0.1, -0.05) is 467 Å². The van der Waals surface area contributed by atoms with Gasteiger partial charge in [0.1, 0.15) is 25.4 Å². The number of hydrogen-bond donors (Lipinski definition) is 4. The van der Waals surface area contributed by atoms with Crippen LogP contribution in [0.2, 0.25) is 0 Å². The third kappa shape index (κ3) is 105. The molecule has 0 heterocycles. The first kappa shape index (κ1) is 126. The summed E-state index contributed by atoms with van der Waals surface area (Å²) in [6, 6.07) is 0. The van der Waals surface area contributed by atoms with Crippen LogP contribution < -0.4 is 0 Å². The number of allylic oxidation sites excluding steroid dienone is 28. The van der Waals surface area contributed by atoms with E-state index in [2.05, 4.69) is 191 Å². The lowest BCUT2D eigenvalue weighted by Gasteiger charge is -2.21. The minimum Gasteiger partial charge on any atom is -0.463 e. The molecule has 131 heavy (non-hydrogen) atoms. The van der Waals surface area contributed by atoms with Crippen LogP contribution in [-0.4, -0.2) is 95.9 Å². The molecule has 16 nitrogen and oxygen atoms in total. The second-order valence-electron chi connectivity index (χ2n) is 35.6. The van der Waals surface area contributed by atoms with E-state index >= 15 is 0 Å². The lowest BCUT2D eigenvalue weighted by molar-refractivity contribution is -0.161. The molecule has 0 aliphatic rings. The van der Waals surface area contributed by atoms with Gasteiger partial charge in [0, 0.05) is 19.3 Å². The largest absolute Gasteiger partial charge is 0.472 e. The third-order valence-electron chi connectivity index (χ3n) is 22.9. The molecule has 5 atom stereocenters. The Hall–Kier alpha value is -5.09. The molecule has 18 heteroatoms. The van der Waals surface area contributed by atoms with Gasteiger partial charge >= 0.3 is 33.6 Å². The average Bonchev–Trinajstić information content (AvgIpc) is 0.899. The van der Waals surface area contributed by atoms with E-state index in [-0.39, 0.29) is 19.3 Å². The number of unbranched alkanes of at least 4 members (excludes halogenated alkanes) is 50. The van der Waals surface area contributed by atoms with Gasteiger partial charge in [-0.05, 0) is 154 Å². The second-order valence-corrected chi connectivity index (χ2v) is 38.6. The number of aliphatic hydroxyl groups is 2. The first-order chi connectivity index (χ1) is 64.2. The minimum atomic E-state index is -4.95. The van der Waals surface area contributed by atoms with Crippen LogP contribution in [-0.2, 0) is 55.8 Å². The molecule has 0 rings (SSSR count). The van der Waals surface area contributed by atoms with E-state index in [1.165, 1.54) is 257 Å². The van der Waals surface area contributed by atoms with E-state index in [4.69, 9.17) is 32.3 Å². The van der Waals surface area contributed by atoms with Gasteiger partial charge < -0.3 is 34.2 Å². The van der Waals surface area contributed by atoms with Gasteiger partial charge in [0.15, 0.2) is 6.10 Å². The topological polar surface area (TPSA) is 231 Å². The van der Waals surface area contributed by atoms with Crippen LogP contribution in [0, 0.1) is 0 Å². The first-order valence-corrected chi connectivity index (χ1v) is 56.4. The number of phosphoric ester groups is 2. The van der Waals surface area contributed by atoms with Crippen LogP contribution in [0.4, 0.5) is 0 Å². The summed E-state index contributed by atoms with van der Waals surface area (Å²) in [7, 11) is -9.82. The fourth-order valence-corrected chi connectivity index (χ4v) is 16.5.